The second-order valence-electron chi connectivity index (χ2n) is 4.73. The molecule has 1 N–H and O–H groups in total. The first-order chi connectivity index (χ1) is 10.6. The molecule has 0 heterocycles. The van der Waals surface area contributed by atoms with E-state index in [1.165, 1.54) is 12.1 Å². The zero-order valence-corrected chi connectivity index (χ0v) is 12.9. The molecule has 0 fully saturated rings. The van der Waals surface area contributed by atoms with Crippen LogP contribution in [0.2, 0.25) is 0 Å². The molecule has 0 aliphatic rings. The Hall–Kier alpha value is -1.92. The van der Waals surface area contributed by atoms with Crippen LogP contribution in [0.5, 0.6) is 5.75 Å². The molecule has 2 aromatic rings. The van der Waals surface area contributed by atoms with Crippen molar-refractivity contribution >= 4 is 10.0 Å². The Morgan fingerprint density at radius 1 is 1.00 bits per heavy atom. The van der Waals surface area contributed by atoms with Gasteiger partial charge in [-0.2, -0.15) is 0 Å². The van der Waals surface area contributed by atoms with Gasteiger partial charge in [0.2, 0.25) is 10.0 Å². The lowest BCUT2D eigenvalue weighted by Crippen LogP contribution is -2.31. The third-order valence-electron chi connectivity index (χ3n) is 3.02. The lowest BCUT2D eigenvalue weighted by molar-refractivity contribution is 0.306. The minimum absolute atomic E-state index is 0.0106. The van der Waals surface area contributed by atoms with Crippen LogP contribution >= 0.6 is 0 Å². The molecule has 0 bridgehead atoms. The average Bonchev–Trinajstić information content (AvgIpc) is 2.52. The summed E-state index contributed by atoms with van der Waals surface area (Å²) in [5, 5.41) is 0. The quantitative estimate of drug-likeness (QED) is 0.759. The Morgan fingerprint density at radius 3 is 2.41 bits per heavy atom. The molecule has 0 unspecified atom stereocenters. The molecule has 118 valence electrons. The fraction of sp³-hybridized carbons (Fsp3) is 0.250. The summed E-state index contributed by atoms with van der Waals surface area (Å²) in [7, 11) is -3.37. The van der Waals surface area contributed by atoms with E-state index in [4.69, 9.17) is 4.74 Å². The first kappa shape index (κ1) is 16.5. The molecule has 2 aromatic carbocycles. The van der Waals surface area contributed by atoms with Crippen LogP contribution in [0.15, 0.2) is 54.6 Å². The van der Waals surface area contributed by atoms with Crippen LogP contribution in [0.25, 0.3) is 0 Å². The van der Waals surface area contributed by atoms with Gasteiger partial charge in [-0.1, -0.05) is 42.5 Å². The number of rotatable bonds is 8. The number of halogens is 1. The Kier molecular flexibility index (Phi) is 5.91. The lowest BCUT2D eigenvalue weighted by Gasteiger charge is -2.09. The molecule has 0 saturated heterocycles. The number of para-hydroxylation sites is 1. The van der Waals surface area contributed by atoms with E-state index in [2.05, 4.69) is 4.72 Å². The van der Waals surface area contributed by atoms with Crippen LogP contribution in [0.4, 0.5) is 4.39 Å². The highest BCUT2D eigenvalue weighted by Gasteiger charge is 2.10. The van der Waals surface area contributed by atoms with Crippen LogP contribution in [0.3, 0.4) is 0 Å². The molecular formula is C16H18FNO3S. The maximum atomic E-state index is 13.3. The maximum Gasteiger partial charge on any atom is 0.212 e. The molecule has 0 aliphatic heterocycles. The zero-order valence-electron chi connectivity index (χ0n) is 12.0. The van der Waals surface area contributed by atoms with Gasteiger partial charge in [0, 0.05) is 6.54 Å². The molecule has 0 saturated carbocycles. The van der Waals surface area contributed by atoms with Crippen LogP contribution in [0.1, 0.15) is 5.56 Å². The first-order valence-electron chi connectivity index (χ1n) is 6.95. The van der Waals surface area contributed by atoms with Crippen LogP contribution in [-0.4, -0.2) is 27.3 Å². The maximum absolute atomic E-state index is 13.3. The zero-order chi connectivity index (χ0) is 15.8. The summed E-state index contributed by atoms with van der Waals surface area (Å²) < 4.78 is 44.6. The predicted octanol–water partition coefficient (Wildman–Crippen LogP) is 2.37. The van der Waals surface area contributed by atoms with Crippen molar-refractivity contribution in [2.75, 3.05) is 18.9 Å². The van der Waals surface area contributed by atoms with Crippen molar-refractivity contribution in [1.82, 2.24) is 4.72 Å². The molecule has 0 amide bonds. The van der Waals surface area contributed by atoms with Gasteiger partial charge in [-0.05, 0) is 24.1 Å². The normalized spacial score (nSPS) is 11.3. The van der Waals surface area contributed by atoms with Crippen LogP contribution in [-0.2, 0) is 16.4 Å². The number of hydrogen-bond acceptors (Lipinski definition) is 3. The Bertz CT molecular complexity index is 690. The van der Waals surface area contributed by atoms with E-state index in [1.54, 1.807) is 12.1 Å². The summed E-state index contributed by atoms with van der Waals surface area (Å²) >= 11 is 0. The molecule has 4 nitrogen and oxygen atoms in total. The molecule has 22 heavy (non-hydrogen) atoms. The summed E-state index contributed by atoms with van der Waals surface area (Å²) in [4.78, 5) is 0. The molecule has 0 radical (unpaired) electrons. The van der Waals surface area contributed by atoms with Crippen molar-refractivity contribution in [2.24, 2.45) is 0 Å². The van der Waals surface area contributed by atoms with Crippen molar-refractivity contribution in [3.8, 4) is 5.75 Å². The molecule has 2 rings (SSSR count). The SMILES string of the molecule is O=S(=O)(CCc1ccccc1)NCCOc1ccccc1F. The van der Waals surface area contributed by atoms with Crippen molar-refractivity contribution in [1.29, 1.82) is 0 Å². The van der Waals surface area contributed by atoms with Gasteiger partial charge in [0.1, 0.15) is 6.61 Å². The molecule has 0 aliphatic carbocycles. The molecule has 0 atom stereocenters. The van der Waals surface area contributed by atoms with Gasteiger partial charge in [0.25, 0.3) is 0 Å². The van der Waals surface area contributed by atoms with Gasteiger partial charge in [-0.3, -0.25) is 0 Å². The van der Waals surface area contributed by atoms with Gasteiger partial charge >= 0.3 is 0 Å². The van der Waals surface area contributed by atoms with E-state index < -0.39 is 15.8 Å². The molecule has 6 heteroatoms. The summed E-state index contributed by atoms with van der Waals surface area (Å²) in [6, 6.07) is 15.4. The van der Waals surface area contributed by atoms with Crippen molar-refractivity contribution < 1.29 is 17.5 Å². The number of hydrogen-bond donors (Lipinski definition) is 1. The third-order valence-corrected chi connectivity index (χ3v) is 4.41. The molecular weight excluding hydrogens is 305 g/mol. The topological polar surface area (TPSA) is 55.4 Å². The van der Waals surface area contributed by atoms with E-state index in [9.17, 15) is 12.8 Å². The largest absolute Gasteiger partial charge is 0.489 e. The van der Waals surface area contributed by atoms with Crippen molar-refractivity contribution in [2.45, 2.75) is 6.42 Å². The van der Waals surface area contributed by atoms with Crippen molar-refractivity contribution in [3.63, 3.8) is 0 Å². The Morgan fingerprint density at radius 2 is 1.68 bits per heavy atom. The molecule has 0 spiro atoms. The lowest BCUT2D eigenvalue weighted by atomic mass is 10.2. The van der Waals surface area contributed by atoms with E-state index in [0.29, 0.717) is 6.42 Å². The minimum Gasteiger partial charge on any atom is -0.489 e. The Balaban J connectivity index is 1.72. The number of ether oxygens (including phenoxy) is 1. The fourth-order valence-corrected chi connectivity index (χ4v) is 2.93. The van der Waals surface area contributed by atoms with E-state index in [-0.39, 0.29) is 24.7 Å². The number of aryl methyl sites for hydroxylation is 1. The van der Waals surface area contributed by atoms with E-state index in [1.807, 2.05) is 30.3 Å². The number of sulfonamides is 1. The van der Waals surface area contributed by atoms with Crippen LogP contribution < -0.4 is 9.46 Å². The summed E-state index contributed by atoms with van der Waals surface area (Å²) in [5.74, 6) is -0.336. The highest BCUT2D eigenvalue weighted by molar-refractivity contribution is 7.89. The average molecular weight is 323 g/mol. The Labute approximate surface area is 130 Å². The summed E-state index contributed by atoms with van der Waals surface area (Å²) in [6.45, 7) is 0.178. The summed E-state index contributed by atoms with van der Waals surface area (Å²) in [5.41, 5.74) is 0.968. The van der Waals surface area contributed by atoms with Gasteiger partial charge in [0.05, 0.1) is 5.75 Å². The van der Waals surface area contributed by atoms with Crippen molar-refractivity contribution in [3.05, 3.63) is 66.0 Å². The van der Waals surface area contributed by atoms with Gasteiger partial charge in [-0.25, -0.2) is 17.5 Å². The third kappa shape index (κ3) is 5.46. The fourth-order valence-electron chi connectivity index (χ4n) is 1.89. The summed E-state index contributed by atoms with van der Waals surface area (Å²) in [6.07, 6.45) is 0.449. The second-order valence-corrected chi connectivity index (χ2v) is 6.65. The standard InChI is InChI=1S/C16H18FNO3S/c17-15-8-4-5-9-16(15)21-12-11-18-22(19,20)13-10-14-6-2-1-3-7-14/h1-9,18H,10-13H2. The monoisotopic (exact) mass is 323 g/mol. The smallest absolute Gasteiger partial charge is 0.212 e. The van der Waals surface area contributed by atoms with Gasteiger partial charge in [0.15, 0.2) is 11.6 Å². The number of nitrogens with one attached hydrogen (secondary N) is 1. The van der Waals surface area contributed by atoms with Gasteiger partial charge in [-0.15, -0.1) is 0 Å². The minimum atomic E-state index is -3.37. The van der Waals surface area contributed by atoms with Gasteiger partial charge < -0.3 is 4.74 Å². The van der Waals surface area contributed by atoms with E-state index >= 15 is 0 Å². The van der Waals surface area contributed by atoms with E-state index in [0.717, 1.165) is 5.56 Å². The number of benzene rings is 2. The second kappa shape index (κ2) is 7.91. The predicted molar refractivity (Wildman–Crippen MR) is 83.8 cm³/mol. The molecule has 0 aromatic heterocycles. The first-order valence-corrected chi connectivity index (χ1v) is 8.61. The van der Waals surface area contributed by atoms with Crippen LogP contribution in [0, 0.1) is 5.82 Å². The highest BCUT2D eigenvalue weighted by Crippen LogP contribution is 2.14. The highest BCUT2D eigenvalue weighted by atomic mass is 32.2.